The number of hydrogen-bond acceptors (Lipinski definition) is 2. The van der Waals surface area contributed by atoms with Crippen LogP contribution >= 0.6 is 47.2 Å². The first-order valence-electron chi connectivity index (χ1n) is 8.87. The van der Waals surface area contributed by atoms with Gasteiger partial charge < -0.3 is 10.2 Å². The van der Waals surface area contributed by atoms with Crippen LogP contribution in [-0.4, -0.2) is 47.3 Å². The third-order valence-corrected chi connectivity index (χ3v) is 5.61. The Labute approximate surface area is 188 Å². The van der Waals surface area contributed by atoms with Crippen LogP contribution in [0.25, 0.3) is 0 Å². The van der Waals surface area contributed by atoms with Gasteiger partial charge in [0.2, 0.25) is 0 Å². The Morgan fingerprint density at radius 2 is 2.07 bits per heavy atom. The Kier molecular flexibility index (Phi) is 8.24. The minimum absolute atomic E-state index is 0. The average molecular weight is 522 g/mol. The van der Waals surface area contributed by atoms with Crippen LogP contribution in [0.4, 0.5) is 0 Å². The number of likely N-dealkylation sites (tertiary alicyclic amines) is 1. The minimum Gasteiger partial charge on any atom is -0.356 e. The molecule has 2 aromatic rings. The van der Waals surface area contributed by atoms with Crippen molar-refractivity contribution in [1.29, 1.82) is 0 Å². The molecule has 27 heavy (non-hydrogen) atoms. The van der Waals surface area contributed by atoms with Crippen molar-refractivity contribution in [1.82, 2.24) is 20.0 Å². The third-order valence-electron chi connectivity index (χ3n) is 4.95. The number of aliphatic imine (C=N–C) groups is 1. The molecule has 3 rings (SSSR count). The van der Waals surface area contributed by atoms with Gasteiger partial charge in [0.15, 0.2) is 5.96 Å². The second-order valence-electron chi connectivity index (χ2n) is 6.84. The zero-order valence-electron chi connectivity index (χ0n) is 15.8. The van der Waals surface area contributed by atoms with Crippen LogP contribution in [0.1, 0.15) is 36.3 Å². The van der Waals surface area contributed by atoms with Crippen molar-refractivity contribution in [2.75, 3.05) is 26.7 Å². The Morgan fingerprint density at radius 3 is 2.67 bits per heavy atom. The van der Waals surface area contributed by atoms with Crippen molar-refractivity contribution in [3.63, 3.8) is 0 Å². The van der Waals surface area contributed by atoms with E-state index in [1.807, 2.05) is 43.2 Å². The molecule has 0 aliphatic carbocycles. The summed E-state index contributed by atoms with van der Waals surface area (Å²) in [5.74, 6) is 1.61. The van der Waals surface area contributed by atoms with Crippen molar-refractivity contribution in [2.24, 2.45) is 12.0 Å². The maximum absolute atomic E-state index is 6.33. The summed E-state index contributed by atoms with van der Waals surface area (Å²) in [6.07, 6.45) is 5.18. The summed E-state index contributed by atoms with van der Waals surface area (Å²) in [6, 6.07) is 5.64. The van der Waals surface area contributed by atoms with Gasteiger partial charge in [0.25, 0.3) is 0 Å². The fraction of sp³-hybridized carbons (Fsp3) is 0.474. The molecule has 1 aromatic heterocycles. The van der Waals surface area contributed by atoms with Crippen molar-refractivity contribution in [3.8, 4) is 0 Å². The molecule has 1 N–H and O–H groups in total. The van der Waals surface area contributed by atoms with Crippen LogP contribution in [0.5, 0.6) is 0 Å². The van der Waals surface area contributed by atoms with E-state index in [2.05, 4.69) is 33.4 Å². The van der Waals surface area contributed by atoms with E-state index in [-0.39, 0.29) is 29.9 Å². The van der Waals surface area contributed by atoms with Crippen LogP contribution in [0.2, 0.25) is 10.0 Å². The fourth-order valence-electron chi connectivity index (χ4n) is 3.54. The summed E-state index contributed by atoms with van der Waals surface area (Å²) in [5.41, 5.74) is 2.27. The smallest absolute Gasteiger partial charge is 0.193 e. The average Bonchev–Trinajstić information content (AvgIpc) is 3.24. The molecule has 1 fully saturated rings. The molecule has 8 heteroatoms. The van der Waals surface area contributed by atoms with Gasteiger partial charge in [-0.25, -0.2) is 0 Å². The van der Waals surface area contributed by atoms with Crippen LogP contribution in [0.15, 0.2) is 35.6 Å². The number of guanidine groups is 1. The number of nitrogens with one attached hydrogen (secondary N) is 1. The lowest BCUT2D eigenvalue weighted by molar-refractivity contribution is 0.482. The summed E-state index contributed by atoms with van der Waals surface area (Å²) < 4.78 is 1.86. The normalized spacial score (nSPS) is 18.3. The second-order valence-corrected chi connectivity index (χ2v) is 7.66. The molecule has 1 aliphatic heterocycles. The van der Waals surface area contributed by atoms with Gasteiger partial charge in [-0.1, -0.05) is 36.2 Å². The second kappa shape index (κ2) is 9.98. The highest BCUT2D eigenvalue weighted by atomic mass is 127. The predicted octanol–water partition coefficient (Wildman–Crippen LogP) is 4.51. The van der Waals surface area contributed by atoms with E-state index >= 15 is 0 Å². The van der Waals surface area contributed by atoms with Crippen molar-refractivity contribution < 1.29 is 0 Å². The molecule has 0 spiro atoms. The van der Waals surface area contributed by atoms with Gasteiger partial charge in [-0.3, -0.25) is 9.67 Å². The van der Waals surface area contributed by atoms with Crippen molar-refractivity contribution in [2.45, 2.75) is 25.2 Å². The number of halogens is 3. The van der Waals surface area contributed by atoms with Gasteiger partial charge in [-0.2, -0.15) is 5.10 Å². The maximum Gasteiger partial charge on any atom is 0.193 e. The van der Waals surface area contributed by atoms with E-state index in [4.69, 9.17) is 23.2 Å². The first-order chi connectivity index (χ1) is 12.5. The largest absolute Gasteiger partial charge is 0.356 e. The number of nitrogens with zero attached hydrogens (tertiary/aromatic N) is 4. The molecule has 5 nitrogen and oxygen atoms in total. The number of hydrogen-bond donors (Lipinski definition) is 1. The zero-order valence-corrected chi connectivity index (χ0v) is 19.7. The standard InChI is InChI=1S/C19H25Cl2N5.HI/c1-13(18-16(20)5-4-6-17(18)21)9-23-19(22-2)26-8-7-14(12-26)15-10-24-25(3)11-15;/h4-6,10-11,13-14H,7-9,12H2,1-3H3,(H,22,23);1H. The van der Waals surface area contributed by atoms with Crippen molar-refractivity contribution >= 4 is 53.1 Å². The molecule has 148 valence electrons. The third kappa shape index (κ3) is 5.29. The highest BCUT2D eigenvalue weighted by Gasteiger charge is 2.27. The van der Waals surface area contributed by atoms with Crippen LogP contribution in [0, 0.1) is 0 Å². The fourth-order valence-corrected chi connectivity index (χ4v) is 4.31. The Bertz CT molecular complexity index is 772. The van der Waals surface area contributed by atoms with Gasteiger partial charge in [-0.05, 0) is 29.7 Å². The molecule has 2 unspecified atom stereocenters. The summed E-state index contributed by atoms with van der Waals surface area (Å²) in [4.78, 5) is 6.76. The van der Waals surface area contributed by atoms with E-state index in [0.717, 1.165) is 37.6 Å². The maximum atomic E-state index is 6.33. The number of benzene rings is 1. The molecule has 1 aromatic carbocycles. The van der Waals surface area contributed by atoms with E-state index < -0.39 is 0 Å². The summed E-state index contributed by atoms with van der Waals surface area (Å²) in [5, 5.41) is 9.18. The van der Waals surface area contributed by atoms with Crippen LogP contribution < -0.4 is 5.32 Å². The topological polar surface area (TPSA) is 45.5 Å². The zero-order chi connectivity index (χ0) is 18.7. The molecule has 1 aliphatic rings. The summed E-state index contributed by atoms with van der Waals surface area (Å²) in [7, 11) is 3.78. The minimum atomic E-state index is 0. The quantitative estimate of drug-likeness (QED) is 0.365. The molecule has 0 amide bonds. The first-order valence-corrected chi connectivity index (χ1v) is 9.63. The first kappa shape index (κ1) is 22.3. The van der Waals surface area contributed by atoms with E-state index in [1.165, 1.54) is 5.56 Å². The molecular formula is C19H26Cl2IN5. The molecule has 0 saturated carbocycles. The Balaban J connectivity index is 0.00000261. The van der Waals surface area contributed by atoms with E-state index in [0.29, 0.717) is 16.0 Å². The van der Waals surface area contributed by atoms with Gasteiger partial charge in [0, 0.05) is 61.8 Å². The molecular weight excluding hydrogens is 496 g/mol. The summed E-state index contributed by atoms with van der Waals surface area (Å²) >= 11 is 12.7. The molecule has 2 atom stereocenters. The summed E-state index contributed by atoms with van der Waals surface area (Å²) in [6.45, 7) is 4.78. The highest BCUT2D eigenvalue weighted by Crippen LogP contribution is 2.31. The van der Waals surface area contributed by atoms with Crippen LogP contribution in [-0.2, 0) is 7.05 Å². The molecule has 0 bridgehead atoms. The molecule has 0 radical (unpaired) electrons. The monoisotopic (exact) mass is 521 g/mol. The van der Waals surface area contributed by atoms with Crippen molar-refractivity contribution in [3.05, 3.63) is 51.8 Å². The lowest BCUT2D eigenvalue weighted by Gasteiger charge is -2.24. The van der Waals surface area contributed by atoms with Gasteiger partial charge in [0.1, 0.15) is 0 Å². The predicted molar refractivity (Wildman–Crippen MR) is 124 cm³/mol. The Morgan fingerprint density at radius 1 is 1.37 bits per heavy atom. The van der Waals surface area contributed by atoms with Gasteiger partial charge in [-0.15, -0.1) is 24.0 Å². The molecule has 1 saturated heterocycles. The Hall–Kier alpha value is -0.990. The lowest BCUT2D eigenvalue weighted by Crippen LogP contribution is -2.41. The van der Waals surface area contributed by atoms with E-state index in [9.17, 15) is 0 Å². The highest BCUT2D eigenvalue weighted by molar-refractivity contribution is 14.0. The van der Waals surface area contributed by atoms with Gasteiger partial charge >= 0.3 is 0 Å². The van der Waals surface area contributed by atoms with Gasteiger partial charge in [0.05, 0.1) is 6.20 Å². The number of aromatic nitrogens is 2. The van der Waals surface area contributed by atoms with Crippen LogP contribution in [0.3, 0.4) is 0 Å². The lowest BCUT2D eigenvalue weighted by atomic mass is 10.0. The SMILES string of the molecule is CN=C(NCC(C)c1c(Cl)cccc1Cl)N1CCC(c2cnn(C)c2)C1.I. The number of rotatable bonds is 4. The number of aryl methyl sites for hydroxylation is 1. The van der Waals surface area contributed by atoms with E-state index in [1.54, 1.807) is 0 Å². The molecule has 2 heterocycles.